The van der Waals surface area contributed by atoms with Crippen molar-refractivity contribution in [3.8, 4) is 11.5 Å². The van der Waals surface area contributed by atoms with E-state index in [2.05, 4.69) is 10.5 Å². The van der Waals surface area contributed by atoms with Crippen LogP contribution in [-0.4, -0.2) is 18.7 Å². The van der Waals surface area contributed by atoms with Crippen molar-refractivity contribution in [1.82, 2.24) is 5.43 Å². The molecule has 0 radical (unpaired) electrons. The molecule has 1 amide bonds. The Kier molecular flexibility index (Phi) is 7.25. The molecule has 148 valence electrons. The van der Waals surface area contributed by atoms with Crippen LogP contribution < -0.4 is 14.9 Å². The van der Waals surface area contributed by atoms with Gasteiger partial charge in [-0.2, -0.15) is 5.10 Å². The first-order valence-electron chi connectivity index (χ1n) is 9.08. The summed E-state index contributed by atoms with van der Waals surface area (Å²) in [6.07, 6.45) is 1.56. The van der Waals surface area contributed by atoms with Gasteiger partial charge in [0.2, 0.25) is 0 Å². The first-order chi connectivity index (χ1) is 14.1. The number of para-hydroxylation sites is 1. The van der Waals surface area contributed by atoms with Crippen LogP contribution >= 0.6 is 11.6 Å². The minimum Gasteiger partial charge on any atom is -0.489 e. The molecule has 3 aromatic carbocycles. The number of hydrazone groups is 1. The van der Waals surface area contributed by atoms with Crippen LogP contribution in [0.15, 0.2) is 77.9 Å². The molecule has 0 atom stereocenters. The average molecular weight is 409 g/mol. The molecule has 29 heavy (non-hydrogen) atoms. The Morgan fingerprint density at radius 1 is 1.03 bits per heavy atom. The third-order valence-electron chi connectivity index (χ3n) is 4.03. The van der Waals surface area contributed by atoms with Gasteiger partial charge in [0.1, 0.15) is 18.1 Å². The zero-order valence-electron chi connectivity index (χ0n) is 16.0. The van der Waals surface area contributed by atoms with Crippen molar-refractivity contribution in [1.29, 1.82) is 0 Å². The van der Waals surface area contributed by atoms with Gasteiger partial charge in [-0.1, -0.05) is 54.1 Å². The number of hydrogen-bond acceptors (Lipinski definition) is 4. The van der Waals surface area contributed by atoms with Crippen molar-refractivity contribution in [2.75, 3.05) is 6.61 Å². The van der Waals surface area contributed by atoms with Gasteiger partial charge in [-0.05, 0) is 53.9 Å². The van der Waals surface area contributed by atoms with Crippen LogP contribution in [0.1, 0.15) is 16.7 Å². The number of aryl methyl sites for hydroxylation is 1. The molecule has 0 aliphatic rings. The number of benzene rings is 3. The number of nitrogens with zero attached hydrogens (tertiary/aromatic N) is 1. The van der Waals surface area contributed by atoms with Crippen LogP contribution in [0.4, 0.5) is 0 Å². The van der Waals surface area contributed by atoms with Crippen molar-refractivity contribution in [2.24, 2.45) is 5.10 Å². The van der Waals surface area contributed by atoms with Gasteiger partial charge in [-0.25, -0.2) is 5.43 Å². The lowest BCUT2D eigenvalue weighted by molar-refractivity contribution is -0.123. The fraction of sp³-hybridized carbons (Fsp3) is 0.130. The number of rotatable bonds is 8. The van der Waals surface area contributed by atoms with E-state index >= 15 is 0 Å². The van der Waals surface area contributed by atoms with Gasteiger partial charge in [-0.3, -0.25) is 4.79 Å². The van der Waals surface area contributed by atoms with Gasteiger partial charge in [0.25, 0.3) is 5.91 Å². The van der Waals surface area contributed by atoms with E-state index in [1.165, 1.54) is 0 Å². The minimum absolute atomic E-state index is 0.105. The van der Waals surface area contributed by atoms with E-state index in [9.17, 15) is 4.79 Å². The highest BCUT2D eigenvalue weighted by atomic mass is 35.5. The number of halogens is 1. The first-order valence-corrected chi connectivity index (χ1v) is 9.45. The molecule has 0 unspecified atom stereocenters. The summed E-state index contributed by atoms with van der Waals surface area (Å²) in [6, 6.07) is 22.5. The maximum absolute atomic E-state index is 11.9. The summed E-state index contributed by atoms with van der Waals surface area (Å²) in [6.45, 7) is 2.25. The smallest absolute Gasteiger partial charge is 0.277 e. The van der Waals surface area contributed by atoms with Crippen LogP contribution in [0.25, 0.3) is 0 Å². The minimum atomic E-state index is -0.334. The molecule has 3 aromatic rings. The molecule has 0 fully saturated rings. The Morgan fingerprint density at radius 3 is 2.62 bits per heavy atom. The summed E-state index contributed by atoms with van der Waals surface area (Å²) in [4.78, 5) is 11.9. The summed E-state index contributed by atoms with van der Waals surface area (Å²) < 4.78 is 11.3. The van der Waals surface area contributed by atoms with Crippen molar-refractivity contribution < 1.29 is 14.3 Å². The molecule has 0 saturated carbocycles. The SMILES string of the molecule is Cc1ccccc1OCC(=O)NN=Cc1cccc(OCc2ccc(Cl)cc2)c1. The van der Waals surface area contributed by atoms with Crippen LogP contribution in [0.5, 0.6) is 11.5 Å². The second-order valence-corrected chi connectivity index (χ2v) is 6.77. The largest absolute Gasteiger partial charge is 0.489 e. The average Bonchev–Trinajstić information content (AvgIpc) is 2.73. The number of carbonyl (C=O) groups is 1. The van der Waals surface area contributed by atoms with Crippen LogP contribution in [0, 0.1) is 6.92 Å². The van der Waals surface area contributed by atoms with E-state index in [1.807, 2.05) is 79.7 Å². The Labute approximate surface area is 174 Å². The zero-order valence-corrected chi connectivity index (χ0v) is 16.7. The number of hydrogen-bond donors (Lipinski definition) is 1. The molecule has 0 bridgehead atoms. The predicted molar refractivity (Wildman–Crippen MR) is 115 cm³/mol. The maximum Gasteiger partial charge on any atom is 0.277 e. The molecule has 0 spiro atoms. The Hall–Kier alpha value is -3.31. The Morgan fingerprint density at radius 2 is 1.83 bits per heavy atom. The normalized spacial score (nSPS) is 10.7. The van der Waals surface area contributed by atoms with Gasteiger partial charge in [-0.15, -0.1) is 0 Å². The summed E-state index contributed by atoms with van der Waals surface area (Å²) in [5.41, 5.74) is 5.25. The van der Waals surface area contributed by atoms with E-state index in [1.54, 1.807) is 6.21 Å². The van der Waals surface area contributed by atoms with Gasteiger partial charge in [0, 0.05) is 5.02 Å². The van der Waals surface area contributed by atoms with Crippen molar-refractivity contribution in [3.05, 3.63) is 94.5 Å². The van der Waals surface area contributed by atoms with Crippen molar-refractivity contribution in [3.63, 3.8) is 0 Å². The molecule has 0 saturated heterocycles. The van der Waals surface area contributed by atoms with E-state index in [0.29, 0.717) is 23.1 Å². The fourth-order valence-electron chi connectivity index (χ4n) is 2.50. The third-order valence-corrected chi connectivity index (χ3v) is 4.28. The lowest BCUT2D eigenvalue weighted by Crippen LogP contribution is -2.24. The summed E-state index contributed by atoms with van der Waals surface area (Å²) >= 11 is 5.89. The lowest BCUT2D eigenvalue weighted by atomic mass is 10.2. The highest BCUT2D eigenvalue weighted by Gasteiger charge is 2.03. The number of nitrogens with one attached hydrogen (secondary N) is 1. The quantitative estimate of drug-likeness (QED) is 0.432. The molecule has 0 heterocycles. The molecule has 0 aromatic heterocycles. The molecule has 6 heteroatoms. The summed E-state index contributed by atoms with van der Waals surface area (Å²) in [5, 5.41) is 4.66. The van der Waals surface area contributed by atoms with Crippen molar-refractivity contribution in [2.45, 2.75) is 13.5 Å². The number of carbonyl (C=O) groups excluding carboxylic acids is 1. The monoisotopic (exact) mass is 408 g/mol. The molecular formula is C23H21ClN2O3. The Balaban J connectivity index is 1.47. The highest BCUT2D eigenvalue weighted by Crippen LogP contribution is 2.16. The van der Waals surface area contributed by atoms with Crippen LogP contribution in [-0.2, 0) is 11.4 Å². The highest BCUT2D eigenvalue weighted by molar-refractivity contribution is 6.30. The fourth-order valence-corrected chi connectivity index (χ4v) is 2.63. The zero-order chi connectivity index (χ0) is 20.5. The van der Waals surface area contributed by atoms with E-state index in [0.717, 1.165) is 16.7 Å². The van der Waals surface area contributed by atoms with Gasteiger partial charge >= 0.3 is 0 Å². The number of ether oxygens (including phenoxy) is 2. The predicted octanol–water partition coefficient (Wildman–Crippen LogP) is 4.76. The van der Waals surface area contributed by atoms with Crippen molar-refractivity contribution >= 4 is 23.7 Å². The summed E-state index contributed by atoms with van der Waals surface area (Å²) in [5.74, 6) is 1.05. The van der Waals surface area contributed by atoms with E-state index < -0.39 is 0 Å². The molecule has 1 N–H and O–H groups in total. The molecular weight excluding hydrogens is 388 g/mol. The van der Waals surface area contributed by atoms with Gasteiger partial charge in [0.15, 0.2) is 6.61 Å². The van der Waals surface area contributed by atoms with Gasteiger partial charge < -0.3 is 9.47 Å². The Bertz CT molecular complexity index is 987. The molecule has 3 rings (SSSR count). The number of amides is 1. The lowest BCUT2D eigenvalue weighted by Gasteiger charge is -2.08. The first kappa shape index (κ1) is 20.4. The van der Waals surface area contributed by atoms with Crippen LogP contribution in [0.3, 0.4) is 0 Å². The topological polar surface area (TPSA) is 59.9 Å². The van der Waals surface area contributed by atoms with Gasteiger partial charge in [0.05, 0.1) is 6.21 Å². The third kappa shape index (κ3) is 6.66. The van der Waals surface area contributed by atoms with E-state index in [4.69, 9.17) is 21.1 Å². The second-order valence-electron chi connectivity index (χ2n) is 6.33. The maximum atomic E-state index is 11.9. The van der Waals surface area contributed by atoms with E-state index in [-0.39, 0.29) is 12.5 Å². The second kappa shape index (κ2) is 10.3. The molecule has 5 nitrogen and oxygen atoms in total. The molecule has 0 aliphatic heterocycles. The summed E-state index contributed by atoms with van der Waals surface area (Å²) in [7, 11) is 0. The molecule has 0 aliphatic carbocycles. The van der Waals surface area contributed by atoms with Crippen LogP contribution in [0.2, 0.25) is 5.02 Å². The standard InChI is InChI=1S/C23H21ClN2O3/c1-17-5-2-3-8-22(17)29-16-23(27)26-25-14-19-6-4-7-21(13-19)28-15-18-9-11-20(24)12-10-18/h2-14H,15-16H2,1H3,(H,26,27).